The standard InChI is InChI=1S/C18H20N2O5S2/c1-10-11(2)27-15-14(10)16(21)20(7-8-23-3)18(19-15)26-9-12-5-6-13(25-12)17(22)24-4/h5-6H,7-9H2,1-4H3. The summed E-state index contributed by atoms with van der Waals surface area (Å²) in [7, 11) is 2.90. The number of methoxy groups -OCH3 is 2. The minimum Gasteiger partial charge on any atom is -0.463 e. The molecule has 0 aliphatic heterocycles. The van der Waals surface area contributed by atoms with Crippen LogP contribution in [0, 0.1) is 13.8 Å². The molecule has 0 atom stereocenters. The van der Waals surface area contributed by atoms with Gasteiger partial charge in [-0.3, -0.25) is 9.36 Å². The minimum absolute atomic E-state index is 0.0592. The number of rotatable bonds is 7. The van der Waals surface area contributed by atoms with Crippen molar-refractivity contribution in [3.8, 4) is 0 Å². The fourth-order valence-electron chi connectivity index (χ4n) is 2.60. The molecule has 0 aliphatic rings. The van der Waals surface area contributed by atoms with Crippen LogP contribution in [0.15, 0.2) is 26.5 Å². The molecule has 0 radical (unpaired) electrons. The molecule has 0 aliphatic carbocycles. The van der Waals surface area contributed by atoms with Gasteiger partial charge in [0, 0.05) is 12.0 Å². The third-order valence-electron chi connectivity index (χ3n) is 4.16. The van der Waals surface area contributed by atoms with E-state index in [1.54, 1.807) is 23.8 Å². The summed E-state index contributed by atoms with van der Waals surface area (Å²) in [6.45, 7) is 4.77. The normalized spacial score (nSPS) is 11.3. The van der Waals surface area contributed by atoms with Crippen molar-refractivity contribution in [1.29, 1.82) is 0 Å². The first-order valence-corrected chi connectivity index (χ1v) is 10.1. The number of carbonyl (C=O) groups excluding carboxylic acids is 1. The smallest absolute Gasteiger partial charge is 0.373 e. The minimum atomic E-state index is -0.521. The maximum absolute atomic E-state index is 13.0. The molecule has 0 unspecified atom stereocenters. The van der Waals surface area contributed by atoms with Crippen LogP contribution in [0.5, 0.6) is 0 Å². The van der Waals surface area contributed by atoms with E-state index in [1.807, 2.05) is 13.8 Å². The molecule has 0 spiro atoms. The van der Waals surface area contributed by atoms with Gasteiger partial charge in [-0.1, -0.05) is 11.8 Å². The largest absolute Gasteiger partial charge is 0.463 e. The van der Waals surface area contributed by atoms with Crippen molar-refractivity contribution in [1.82, 2.24) is 9.55 Å². The van der Waals surface area contributed by atoms with Gasteiger partial charge >= 0.3 is 5.97 Å². The fourth-order valence-corrected chi connectivity index (χ4v) is 4.59. The van der Waals surface area contributed by atoms with Crippen molar-refractivity contribution in [2.45, 2.75) is 31.3 Å². The van der Waals surface area contributed by atoms with Crippen molar-refractivity contribution in [2.75, 3.05) is 20.8 Å². The summed E-state index contributed by atoms with van der Waals surface area (Å²) in [6.07, 6.45) is 0. The van der Waals surface area contributed by atoms with Crippen LogP contribution < -0.4 is 5.56 Å². The van der Waals surface area contributed by atoms with Crippen LogP contribution in [0.2, 0.25) is 0 Å². The Morgan fingerprint density at radius 1 is 1.33 bits per heavy atom. The first-order valence-electron chi connectivity index (χ1n) is 8.25. The highest BCUT2D eigenvalue weighted by molar-refractivity contribution is 7.98. The molecule has 3 aromatic heterocycles. The molecule has 7 nitrogen and oxygen atoms in total. The summed E-state index contributed by atoms with van der Waals surface area (Å²) in [4.78, 5) is 31.0. The van der Waals surface area contributed by atoms with Gasteiger partial charge in [0.15, 0.2) is 5.16 Å². The summed E-state index contributed by atoms with van der Waals surface area (Å²) in [6, 6.07) is 3.29. The van der Waals surface area contributed by atoms with Crippen LogP contribution in [-0.2, 0) is 21.8 Å². The van der Waals surface area contributed by atoms with E-state index in [1.165, 1.54) is 30.2 Å². The lowest BCUT2D eigenvalue weighted by molar-refractivity contribution is 0.0563. The summed E-state index contributed by atoms with van der Waals surface area (Å²) >= 11 is 2.90. The molecule has 3 rings (SSSR count). The number of furan rings is 1. The van der Waals surface area contributed by atoms with Crippen LogP contribution >= 0.6 is 23.1 Å². The van der Waals surface area contributed by atoms with Gasteiger partial charge in [-0.15, -0.1) is 11.3 Å². The number of thioether (sulfide) groups is 1. The highest BCUT2D eigenvalue weighted by atomic mass is 32.2. The third-order valence-corrected chi connectivity index (χ3v) is 6.26. The van der Waals surface area contributed by atoms with Crippen molar-refractivity contribution in [2.24, 2.45) is 0 Å². The third kappa shape index (κ3) is 3.95. The first-order chi connectivity index (χ1) is 13.0. The van der Waals surface area contributed by atoms with E-state index < -0.39 is 5.97 Å². The van der Waals surface area contributed by atoms with E-state index in [0.29, 0.717) is 35.2 Å². The lowest BCUT2D eigenvalue weighted by Crippen LogP contribution is -2.25. The zero-order valence-electron chi connectivity index (χ0n) is 15.5. The van der Waals surface area contributed by atoms with Crippen LogP contribution in [0.3, 0.4) is 0 Å². The SMILES string of the molecule is COCCn1c(SCc2ccc(C(=O)OC)o2)nc2sc(C)c(C)c2c1=O. The molecule has 3 heterocycles. The number of aromatic nitrogens is 2. The van der Waals surface area contributed by atoms with Crippen LogP contribution in [0.4, 0.5) is 0 Å². The van der Waals surface area contributed by atoms with E-state index in [-0.39, 0.29) is 11.3 Å². The molecule has 144 valence electrons. The summed E-state index contributed by atoms with van der Waals surface area (Å²) < 4.78 is 16.9. The number of thiophene rings is 1. The Morgan fingerprint density at radius 2 is 2.11 bits per heavy atom. The van der Waals surface area contributed by atoms with Gasteiger partial charge in [-0.05, 0) is 31.5 Å². The average molecular weight is 409 g/mol. The van der Waals surface area contributed by atoms with Gasteiger partial charge < -0.3 is 13.9 Å². The molecule has 27 heavy (non-hydrogen) atoms. The first kappa shape index (κ1) is 19.7. The van der Waals surface area contributed by atoms with Gasteiger partial charge in [0.05, 0.1) is 31.4 Å². The van der Waals surface area contributed by atoms with E-state index in [4.69, 9.17) is 14.1 Å². The van der Waals surface area contributed by atoms with Crippen molar-refractivity contribution in [3.63, 3.8) is 0 Å². The van der Waals surface area contributed by atoms with Gasteiger partial charge in [0.25, 0.3) is 5.56 Å². The Labute approximate surface area is 164 Å². The molecular formula is C18H20N2O5S2. The molecule has 0 saturated heterocycles. The highest BCUT2D eigenvalue weighted by Crippen LogP contribution is 2.29. The van der Waals surface area contributed by atoms with Crippen molar-refractivity contribution < 1.29 is 18.7 Å². The Kier molecular flexibility index (Phi) is 6.03. The maximum atomic E-state index is 13.0. The van der Waals surface area contributed by atoms with Crippen LogP contribution in [0.25, 0.3) is 10.2 Å². The van der Waals surface area contributed by atoms with E-state index in [0.717, 1.165) is 15.3 Å². The van der Waals surface area contributed by atoms with Gasteiger partial charge in [-0.25, -0.2) is 9.78 Å². The number of hydrogen-bond acceptors (Lipinski definition) is 8. The maximum Gasteiger partial charge on any atom is 0.373 e. The quantitative estimate of drug-likeness (QED) is 0.337. The second-order valence-electron chi connectivity index (χ2n) is 5.85. The van der Waals surface area contributed by atoms with E-state index in [2.05, 4.69) is 4.74 Å². The number of aryl methyl sites for hydroxylation is 2. The average Bonchev–Trinajstić information content (AvgIpc) is 3.24. The second kappa shape index (κ2) is 8.28. The molecule has 0 fully saturated rings. The molecular weight excluding hydrogens is 388 g/mol. The monoisotopic (exact) mass is 408 g/mol. The molecule has 3 aromatic rings. The molecule has 0 bridgehead atoms. The predicted molar refractivity (Wildman–Crippen MR) is 105 cm³/mol. The number of nitrogens with zero attached hydrogens (tertiary/aromatic N) is 2. The Hall–Kier alpha value is -2.10. The number of fused-ring (bicyclic) bond motifs is 1. The Balaban J connectivity index is 1.93. The predicted octanol–water partition coefficient (Wildman–Crippen LogP) is 3.39. The molecule has 0 aromatic carbocycles. The van der Waals surface area contributed by atoms with Gasteiger partial charge in [0.1, 0.15) is 10.6 Å². The Bertz CT molecular complexity index is 1030. The van der Waals surface area contributed by atoms with E-state index in [9.17, 15) is 9.59 Å². The van der Waals surface area contributed by atoms with Crippen LogP contribution in [0.1, 0.15) is 26.8 Å². The fraction of sp³-hybridized carbons (Fsp3) is 0.389. The lowest BCUT2D eigenvalue weighted by Gasteiger charge is -2.11. The zero-order valence-corrected chi connectivity index (χ0v) is 17.2. The highest BCUT2D eigenvalue weighted by Gasteiger charge is 2.18. The molecule has 0 saturated carbocycles. The summed E-state index contributed by atoms with van der Waals surface area (Å²) in [5, 5.41) is 1.27. The molecule has 0 amide bonds. The van der Waals surface area contributed by atoms with Gasteiger partial charge in [0.2, 0.25) is 5.76 Å². The zero-order chi connectivity index (χ0) is 19.6. The van der Waals surface area contributed by atoms with E-state index >= 15 is 0 Å². The number of ether oxygens (including phenoxy) is 2. The molecule has 9 heteroatoms. The second-order valence-corrected chi connectivity index (χ2v) is 8.00. The Morgan fingerprint density at radius 3 is 2.81 bits per heavy atom. The number of hydrogen-bond donors (Lipinski definition) is 0. The van der Waals surface area contributed by atoms with Crippen molar-refractivity contribution >= 4 is 39.3 Å². The molecule has 0 N–H and O–H groups in total. The number of esters is 1. The van der Waals surface area contributed by atoms with Crippen molar-refractivity contribution in [3.05, 3.63) is 44.4 Å². The summed E-state index contributed by atoms with van der Waals surface area (Å²) in [5.41, 5.74) is 0.917. The van der Waals surface area contributed by atoms with Gasteiger partial charge in [-0.2, -0.15) is 0 Å². The number of carbonyl (C=O) groups is 1. The van der Waals surface area contributed by atoms with Crippen LogP contribution in [-0.4, -0.2) is 36.3 Å². The summed E-state index contributed by atoms with van der Waals surface area (Å²) in [5.74, 6) is 0.669. The lowest BCUT2D eigenvalue weighted by atomic mass is 10.2. The topological polar surface area (TPSA) is 83.6 Å².